The Morgan fingerprint density at radius 2 is 1.75 bits per heavy atom. The second-order valence-electron chi connectivity index (χ2n) is 4.81. The van der Waals surface area contributed by atoms with Gasteiger partial charge in [0.05, 0.1) is 4.83 Å². The second kappa shape index (κ2) is 5.46. The van der Waals surface area contributed by atoms with Crippen molar-refractivity contribution in [3.63, 3.8) is 0 Å². The maximum absolute atomic E-state index is 11.9. The van der Waals surface area contributed by atoms with Gasteiger partial charge in [0, 0.05) is 10.9 Å². The molecule has 0 spiro atoms. The van der Waals surface area contributed by atoms with E-state index in [1.807, 2.05) is 24.3 Å². The summed E-state index contributed by atoms with van der Waals surface area (Å²) >= 11 is 6.63. The van der Waals surface area contributed by atoms with Crippen LogP contribution in [-0.2, 0) is 5.41 Å². The molecule has 0 amide bonds. The zero-order chi connectivity index (χ0) is 12.3. The first-order chi connectivity index (χ1) is 7.36. The Morgan fingerprint density at radius 3 is 2.12 bits per heavy atom. The van der Waals surface area contributed by atoms with Gasteiger partial charge in [0.1, 0.15) is 0 Å². The summed E-state index contributed by atoms with van der Waals surface area (Å²) < 4.78 is 0. The maximum Gasteiger partial charge on any atom is 0.177 e. The van der Waals surface area contributed by atoms with Gasteiger partial charge in [0.15, 0.2) is 5.78 Å². The monoisotopic (exact) mass is 346 g/mol. The molecule has 1 rings (SSSR count). The van der Waals surface area contributed by atoms with Gasteiger partial charge >= 0.3 is 0 Å². The van der Waals surface area contributed by atoms with Gasteiger partial charge in [-0.2, -0.15) is 0 Å². The lowest BCUT2D eigenvalue weighted by Crippen LogP contribution is -2.16. The van der Waals surface area contributed by atoms with Crippen LogP contribution in [0.2, 0.25) is 0 Å². The van der Waals surface area contributed by atoms with Crippen LogP contribution < -0.4 is 0 Å². The summed E-state index contributed by atoms with van der Waals surface area (Å²) in [7, 11) is 0. The van der Waals surface area contributed by atoms with Crippen molar-refractivity contribution in [3.05, 3.63) is 35.4 Å². The molecule has 0 aliphatic carbocycles. The first-order valence-electron chi connectivity index (χ1n) is 5.21. The fourth-order valence-electron chi connectivity index (χ4n) is 1.39. The van der Waals surface area contributed by atoms with Crippen molar-refractivity contribution < 1.29 is 4.79 Å². The zero-order valence-corrected chi connectivity index (χ0v) is 12.9. The summed E-state index contributed by atoms with van der Waals surface area (Å²) in [5, 5.41) is 0.632. The van der Waals surface area contributed by atoms with Crippen molar-refractivity contribution in [2.45, 2.75) is 31.0 Å². The molecule has 0 fully saturated rings. The Labute approximate surface area is 114 Å². The molecular formula is C13H16Br2O. The van der Waals surface area contributed by atoms with E-state index in [2.05, 4.69) is 52.6 Å². The minimum atomic E-state index is -0.145. The number of benzene rings is 1. The predicted octanol–water partition coefficient (Wildman–Crippen LogP) is 4.33. The molecule has 1 nitrogen and oxygen atoms in total. The maximum atomic E-state index is 11.9. The van der Waals surface area contributed by atoms with Gasteiger partial charge in [-0.25, -0.2) is 0 Å². The van der Waals surface area contributed by atoms with Gasteiger partial charge in [-0.15, -0.1) is 0 Å². The Kier molecular flexibility index (Phi) is 4.74. The van der Waals surface area contributed by atoms with E-state index in [1.165, 1.54) is 5.56 Å². The fourth-order valence-corrected chi connectivity index (χ4v) is 1.94. The first-order valence-corrected chi connectivity index (χ1v) is 7.25. The number of carbonyl (C=O) groups is 1. The average Bonchev–Trinajstić information content (AvgIpc) is 2.26. The molecule has 0 heterocycles. The minimum Gasteiger partial charge on any atom is -0.293 e. The van der Waals surface area contributed by atoms with Crippen LogP contribution in [0.5, 0.6) is 0 Å². The van der Waals surface area contributed by atoms with E-state index in [0.29, 0.717) is 5.33 Å². The van der Waals surface area contributed by atoms with E-state index in [1.54, 1.807) is 0 Å². The highest BCUT2D eigenvalue weighted by Crippen LogP contribution is 2.23. The van der Waals surface area contributed by atoms with E-state index in [-0.39, 0.29) is 16.0 Å². The highest BCUT2D eigenvalue weighted by atomic mass is 79.9. The Morgan fingerprint density at radius 1 is 1.25 bits per heavy atom. The number of alkyl halides is 2. The lowest BCUT2D eigenvalue weighted by Gasteiger charge is -2.19. The quantitative estimate of drug-likeness (QED) is 0.587. The number of halogens is 2. The van der Waals surface area contributed by atoms with Gasteiger partial charge in [0.2, 0.25) is 0 Å². The molecule has 0 radical (unpaired) electrons. The Bertz CT molecular complexity index is 363. The summed E-state index contributed by atoms with van der Waals surface area (Å²) in [6.45, 7) is 6.49. The van der Waals surface area contributed by atoms with Crippen molar-refractivity contribution in [3.8, 4) is 0 Å². The summed E-state index contributed by atoms with van der Waals surface area (Å²) in [5.74, 6) is 0.123. The second-order valence-corrected chi connectivity index (χ2v) is 6.57. The summed E-state index contributed by atoms with van der Waals surface area (Å²) in [5.41, 5.74) is 2.13. The molecule has 1 atom stereocenters. The van der Waals surface area contributed by atoms with Crippen LogP contribution >= 0.6 is 31.9 Å². The van der Waals surface area contributed by atoms with Crippen LogP contribution in [0, 0.1) is 0 Å². The molecule has 1 aromatic rings. The van der Waals surface area contributed by atoms with E-state index in [0.717, 1.165) is 5.56 Å². The van der Waals surface area contributed by atoms with Gasteiger partial charge < -0.3 is 0 Å². The van der Waals surface area contributed by atoms with Gasteiger partial charge in [0.25, 0.3) is 0 Å². The van der Waals surface area contributed by atoms with Gasteiger partial charge in [-0.05, 0) is 11.0 Å². The van der Waals surface area contributed by atoms with Crippen molar-refractivity contribution in [1.82, 2.24) is 0 Å². The molecule has 0 saturated heterocycles. The highest BCUT2D eigenvalue weighted by molar-refractivity contribution is 9.12. The molecule has 3 heteroatoms. The Balaban J connectivity index is 2.91. The zero-order valence-electron chi connectivity index (χ0n) is 9.76. The normalized spacial score (nSPS) is 13.6. The Hall–Kier alpha value is -0.150. The summed E-state index contributed by atoms with van der Waals surface area (Å²) in [4.78, 5) is 11.7. The molecule has 0 saturated carbocycles. The van der Waals surface area contributed by atoms with Crippen molar-refractivity contribution in [1.29, 1.82) is 0 Å². The highest BCUT2D eigenvalue weighted by Gasteiger charge is 2.17. The number of hydrogen-bond donors (Lipinski definition) is 0. The minimum absolute atomic E-state index is 0.123. The number of rotatable bonds is 3. The standard InChI is InChI=1S/C13H16Br2O/c1-13(2,3)10-6-4-9(5-7-10)12(16)11(15)8-14/h4-7,11H,8H2,1-3H3. The largest absolute Gasteiger partial charge is 0.293 e. The number of ketones is 1. The van der Waals surface area contributed by atoms with Crippen LogP contribution in [0.4, 0.5) is 0 Å². The predicted molar refractivity (Wildman–Crippen MR) is 76.0 cm³/mol. The van der Waals surface area contributed by atoms with Crippen molar-refractivity contribution >= 4 is 37.6 Å². The lowest BCUT2D eigenvalue weighted by atomic mass is 9.86. The molecular weight excluding hydrogens is 332 g/mol. The van der Waals surface area contributed by atoms with E-state index < -0.39 is 0 Å². The van der Waals surface area contributed by atoms with E-state index >= 15 is 0 Å². The molecule has 1 unspecified atom stereocenters. The number of carbonyl (C=O) groups excluding carboxylic acids is 1. The van der Waals surface area contributed by atoms with Gasteiger partial charge in [-0.1, -0.05) is 76.9 Å². The summed E-state index contributed by atoms with van der Waals surface area (Å²) in [6.07, 6.45) is 0. The third-order valence-electron chi connectivity index (χ3n) is 2.46. The summed E-state index contributed by atoms with van der Waals surface area (Å²) in [6, 6.07) is 7.86. The number of hydrogen-bond acceptors (Lipinski definition) is 1. The molecule has 88 valence electrons. The van der Waals surface area contributed by atoms with E-state index in [4.69, 9.17) is 0 Å². The number of Topliss-reactive ketones (excluding diaryl/α,β-unsaturated/α-hetero) is 1. The van der Waals surface area contributed by atoms with Crippen LogP contribution in [0.25, 0.3) is 0 Å². The molecule has 1 aromatic carbocycles. The fraction of sp³-hybridized carbons (Fsp3) is 0.462. The van der Waals surface area contributed by atoms with Crippen LogP contribution in [0.15, 0.2) is 24.3 Å². The third-order valence-corrected chi connectivity index (χ3v) is 4.71. The molecule has 0 bridgehead atoms. The van der Waals surface area contributed by atoms with Crippen LogP contribution in [0.1, 0.15) is 36.7 Å². The molecule has 0 aliphatic rings. The first kappa shape index (κ1) is 13.9. The molecule has 0 aliphatic heterocycles. The molecule has 0 N–H and O–H groups in total. The van der Waals surface area contributed by atoms with Crippen molar-refractivity contribution in [2.24, 2.45) is 0 Å². The van der Waals surface area contributed by atoms with E-state index in [9.17, 15) is 4.79 Å². The molecule has 0 aromatic heterocycles. The van der Waals surface area contributed by atoms with Crippen molar-refractivity contribution in [2.75, 3.05) is 5.33 Å². The smallest absolute Gasteiger partial charge is 0.177 e. The van der Waals surface area contributed by atoms with Crippen LogP contribution in [0.3, 0.4) is 0 Å². The topological polar surface area (TPSA) is 17.1 Å². The lowest BCUT2D eigenvalue weighted by molar-refractivity contribution is 0.0997. The molecule has 16 heavy (non-hydrogen) atoms. The SMILES string of the molecule is CC(C)(C)c1ccc(C(=O)C(Br)CBr)cc1. The third kappa shape index (κ3) is 3.42. The average molecular weight is 348 g/mol. The van der Waals surface area contributed by atoms with Crippen LogP contribution in [-0.4, -0.2) is 15.9 Å². The van der Waals surface area contributed by atoms with Gasteiger partial charge in [-0.3, -0.25) is 4.79 Å².